The Hall–Kier alpha value is 0.0169. The van der Waals surface area contributed by atoms with E-state index < -0.39 is 8.80 Å². The number of ether oxygens (including phenoxy) is 1. The highest BCUT2D eigenvalue weighted by Crippen LogP contribution is 2.17. The van der Waals surface area contributed by atoms with E-state index in [2.05, 4.69) is 4.90 Å². The normalized spacial score (nSPS) is 14.4. The second-order valence-corrected chi connectivity index (χ2v) is 6.86. The summed E-state index contributed by atoms with van der Waals surface area (Å²) in [5.41, 5.74) is -0.104. The van der Waals surface area contributed by atoms with Gasteiger partial charge in [-0.1, -0.05) is 6.92 Å². The summed E-state index contributed by atoms with van der Waals surface area (Å²) in [5, 5.41) is 0. The fraction of sp³-hybridized carbons (Fsp3) is 1.00. The molecule has 0 radical (unpaired) electrons. The van der Waals surface area contributed by atoms with Crippen LogP contribution in [0.15, 0.2) is 0 Å². The maximum absolute atomic E-state index is 5.79. The molecule has 0 bridgehead atoms. The molecule has 0 aromatic carbocycles. The first-order chi connectivity index (χ1) is 7.56. The molecule has 0 rings (SSSR count). The van der Waals surface area contributed by atoms with Crippen LogP contribution in [0, 0.1) is 0 Å². The Balaban J connectivity index is 4.32. The molecule has 0 saturated heterocycles. The van der Waals surface area contributed by atoms with Gasteiger partial charge in [-0.15, -0.1) is 0 Å². The van der Waals surface area contributed by atoms with Crippen molar-refractivity contribution in [2.45, 2.75) is 19.1 Å². The van der Waals surface area contributed by atoms with Crippen LogP contribution in [-0.4, -0.2) is 68.0 Å². The zero-order valence-corrected chi connectivity index (χ0v) is 12.3. The Morgan fingerprint density at radius 1 is 1.06 bits per heavy atom. The largest absolute Gasteiger partial charge is 0.530 e. The van der Waals surface area contributed by atoms with Gasteiger partial charge < -0.3 is 22.9 Å². The molecule has 16 heavy (non-hydrogen) atoms. The first-order valence-electron chi connectivity index (χ1n) is 5.48. The van der Waals surface area contributed by atoms with Gasteiger partial charge in [0.1, 0.15) is 5.73 Å². The number of likely N-dealkylation sites (N-methyl/N-ethyl adjacent to an activating group) is 1. The Labute approximate surface area is 100.0 Å². The maximum atomic E-state index is 5.79. The predicted octanol–water partition coefficient (Wildman–Crippen LogP) is 0.761. The second kappa shape index (κ2) is 8.16. The second-order valence-electron chi connectivity index (χ2n) is 3.79. The molecule has 0 amide bonds. The smallest absolute Gasteiger partial charge is 0.375 e. The zero-order valence-electron chi connectivity index (χ0n) is 11.3. The van der Waals surface area contributed by atoms with Crippen molar-refractivity contribution in [3.8, 4) is 0 Å². The third kappa shape index (κ3) is 4.48. The van der Waals surface area contributed by atoms with Crippen LogP contribution in [0.2, 0.25) is 0 Å². The van der Waals surface area contributed by atoms with E-state index in [4.69, 9.17) is 18.0 Å². The summed E-state index contributed by atoms with van der Waals surface area (Å²) in [5.74, 6) is 0. The number of hydrogen-bond acceptors (Lipinski definition) is 5. The molecule has 0 aliphatic rings. The first-order valence-corrected chi connectivity index (χ1v) is 7.28. The molecular weight excluding hydrogens is 226 g/mol. The lowest BCUT2D eigenvalue weighted by molar-refractivity contribution is 0.00743. The summed E-state index contributed by atoms with van der Waals surface area (Å²) in [7, 11) is 6.19. The SMILES string of the molecule is CCC(OCCN(C)C)[Si](OC)(OC)OC. The summed E-state index contributed by atoms with van der Waals surface area (Å²) in [6.07, 6.45) is 0.815. The number of rotatable bonds is 9. The lowest BCUT2D eigenvalue weighted by atomic mass is 10.5. The number of hydrogen-bond donors (Lipinski definition) is 0. The van der Waals surface area contributed by atoms with Gasteiger partial charge in [-0.2, -0.15) is 0 Å². The van der Waals surface area contributed by atoms with Crippen LogP contribution in [0.3, 0.4) is 0 Å². The topological polar surface area (TPSA) is 40.2 Å². The van der Waals surface area contributed by atoms with Crippen molar-refractivity contribution in [3.63, 3.8) is 0 Å². The van der Waals surface area contributed by atoms with E-state index in [1.807, 2.05) is 21.0 Å². The van der Waals surface area contributed by atoms with E-state index >= 15 is 0 Å². The molecule has 0 aliphatic carbocycles. The lowest BCUT2D eigenvalue weighted by Crippen LogP contribution is -2.55. The molecule has 0 saturated carbocycles. The van der Waals surface area contributed by atoms with E-state index in [0.29, 0.717) is 6.61 Å². The molecule has 5 nitrogen and oxygen atoms in total. The Morgan fingerprint density at radius 2 is 1.56 bits per heavy atom. The fourth-order valence-electron chi connectivity index (χ4n) is 1.49. The summed E-state index contributed by atoms with van der Waals surface area (Å²) in [6, 6.07) is 0. The van der Waals surface area contributed by atoms with Crippen LogP contribution in [0.4, 0.5) is 0 Å². The quantitative estimate of drug-likeness (QED) is 0.566. The minimum atomic E-state index is -2.66. The molecule has 0 N–H and O–H groups in total. The van der Waals surface area contributed by atoms with Crippen molar-refractivity contribution in [1.29, 1.82) is 0 Å². The first kappa shape index (κ1) is 16.0. The van der Waals surface area contributed by atoms with Crippen molar-refractivity contribution in [2.24, 2.45) is 0 Å². The summed E-state index contributed by atoms with van der Waals surface area (Å²) in [6.45, 7) is 3.56. The zero-order chi connectivity index (χ0) is 12.6. The summed E-state index contributed by atoms with van der Waals surface area (Å²) in [4.78, 5) is 2.07. The molecule has 98 valence electrons. The van der Waals surface area contributed by atoms with E-state index in [1.54, 1.807) is 21.3 Å². The molecule has 1 atom stereocenters. The van der Waals surface area contributed by atoms with Gasteiger partial charge in [0.2, 0.25) is 0 Å². The third-order valence-corrected chi connectivity index (χ3v) is 5.55. The average molecular weight is 251 g/mol. The van der Waals surface area contributed by atoms with E-state index in [-0.39, 0.29) is 5.73 Å². The van der Waals surface area contributed by atoms with E-state index in [1.165, 1.54) is 0 Å². The molecule has 1 unspecified atom stereocenters. The molecule has 0 fully saturated rings. The van der Waals surface area contributed by atoms with Gasteiger partial charge in [0, 0.05) is 27.9 Å². The standard InChI is InChI=1S/C10H25NO4Si/c1-7-10(15-9-8-11(2)3)16(12-4,13-5)14-6/h10H,7-9H2,1-6H3. The number of nitrogens with zero attached hydrogens (tertiary/aromatic N) is 1. The van der Waals surface area contributed by atoms with Gasteiger partial charge in [-0.25, -0.2) is 0 Å². The van der Waals surface area contributed by atoms with Crippen LogP contribution in [0.5, 0.6) is 0 Å². The molecule has 0 aromatic rings. The van der Waals surface area contributed by atoms with Gasteiger partial charge in [-0.05, 0) is 20.5 Å². The van der Waals surface area contributed by atoms with Gasteiger partial charge in [-0.3, -0.25) is 0 Å². The molecule has 0 aliphatic heterocycles. The highest BCUT2D eigenvalue weighted by atomic mass is 28.4. The predicted molar refractivity (Wildman–Crippen MR) is 65.4 cm³/mol. The molecule has 6 heteroatoms. The van der Waals surface area contributed by atoms with Gasteiger partial charge >= 0.3 is 8.80 Å². The minimum Gasteiger partial charge on any atom is -0.375 e. The van der Waals surface area contributed by atoms with Gasteiger partial charge in [0.25, 0.3) is 0 Å². The van der Waals surface area contributed by atoms with E-state index in [0.717, 1.165) is 13.0 Å². The van der Waals surface area contributed by atoms with Crippen molar-refractivity contribution in [2.75, 3.05) is 48.6 Å². The Morgan fingerprint density at radius 3 is 1.88 bits per heavy atom. The fourth-order valence-corrected chi connectivity index (χ4v) is 3.60. The Bertz CT molecular complexity index is 168. The van der Waals surface area contributed by atoms with Crippen LogP contribution in [-0.2, 0) is 18.0 Å². The summed E-state index contributed by atoms with van der Waals surface area (Å²) < 4.78 is 22.0. The summed E-state index contributed by atoms with van der Waals surface area (Å²) >= 11 is 0. The van der Waals surface area contributed by atoms with Crippen LogP contribution in [0.1, 0.15) is 13.3 Å². The highest BCUT2D eigenvalue weighted by molar-refractivity contribution is 6.62. The van der Waals surface area contributed by atoms with Crippen LogP contribution < -0.4 is 0 Å². The van der Waals surface area contributed by atoms with Gasteiger partial charge in [0.15, 0.2) is 0 Å². The Kier molecular flexibility index (Phi) is 8.17. The average Bonchev–Trinajstić information content (AvgIpc) is 2.29. The maximum Gasteiger partial charge on any atom is 0.530 e. The lowest BCUT2D eigenvalue weighted by Gasteiger charge is -2.31. The van der Waals surface area contributed by atoms with Crippen molar-refractivity contribution in [1.82, 2.24) is 4.90 Å². The minimum absolute atomic E-state index is 0.104. The van der Waals surface area contributed by atoms with Crippen molar-refractivity contribution in [3.05, 3.63) is 0 Å². The van der Waals surface area contributed by atoms with Crippen molar-refractivity contribution >= 4 is 8.80 Å². The third-order valence-electron chi connectivity index (χ3n) is 2.48. The van der Waals surface area contributed by atoms with Gasteiger partial charge in [0.05, 0.1) is 6.61 Å². The highest BCUT2D eigenvalue weighted by Gasteiger charge is 2.47. The van der Waals surface area contributed by atoms with Crippen molar-refractivity contribution < 1.29 is 18.0 Å². The molecule has 0 aromatic heterocycles. The van der Waals surface area contributed by atoms with E-state index in [9.17, 15) is 0 Å². The molecule has 0 spiro atoms. The molecule has 0 heterocycles. The molecular formula is C10H25NO4Si. The monoisotopic (exact) mass is 251 g/mol. The van der Waals surface area contributed by atoms with Crippen LogP contribution in [0.25, 0.3) is 0 Å². The van der Waals surface area contributed by atoms with Crippen LogP contribution >= 0.6 is 0 Å².